The van der Waals surface area contributed by atoms with Crippen LogP contribution in [0.1, 0.15) is 27.0 Å². The summed E-state index contributed by atoms with van der Waals surface area (Å²) in [6.45, 7) is 2.54. The van der Waals surface area contributed by atoms with Crippen molar-refractivity contribution in [3.8, 4) is 6.07 Å². The van der Waals surface area contributed by atoms with E-state index in [1.807, 2.05) is 24.3 Å². The minimum absolute atomic E-state index is 0.114. The highest BCUT2D eigenvalue weighted by Crippen LogP contribution is 2.09. The van der Waals surface area contributed by atoms with Crippen molar-refractivity contribution < 1.29 is 9.59 Å². The van der Waals surface area contributed by atoms with Crippen LogP contribution in [0.5, 0.6) is 0 Å². The van der Waals surface area contributed by atoms with Crippen LogP contribution in [-0.2, 0) is 17.9 Å². The van der Waals surface area contributed by atoms with Gasteiger partial charge in [-0.05, 0) is 35.4 Å². The van der Waals surface area contributed by atoms with Crippen molar-refractivity contribution in [1.29, 1.82) is 5.26 Å². The van der Waals surface area contributed by atoms with Gasteiger partial charge in [0.05, 0.1) is 18.2 Å². The van der Waals surface area contributed by atoms with Crippen LogP contribution in [0.15, 0.2) is 48.5 Å². The number of carbonyl (C=O) groups excluding carboxylic acids is 2. The van der Waals surface area contributed by atoms with Gasteiger partial charge in [-0.25, -0.2) is 0 Å². The van der Waals surface area contributed by atoms with E-state index in [1.54, 1.807) is 29.2 Å². The lowest BCUT2D eigenvalue weighted by Gasteiger charge is -2.26. The molecule has 0 unspecified atom stereocenters. The summed E-state index contributed by atoms with van der Waals surface area (Å²) in [4.78, 5) is 25.4. The zero-order valence-electron chi connectivity index (χ0n) is 14.4. The number of nitriles is 1. The highest BCUT2D eigenvalue weighted by Gasteiger charge is 2.21. The predicted octanol–water partition coefficient (Wildman–Crippen LogP) is 1.42. The van der Waals surface area contributed by atoms with Crippen molar-refractivity contribution >= 4 is 11.8 Å². The first-order valence-corrected chi connectivity index (χ1v) is 8.50. The van der Waals surface area contributed by atoms with Gasteiger partial charge in [0, 0.05) is 31.7 Å². The van der Waals surface area contributed by atoms with Crippen molar-refractivity contribution in [1.82, 2.24) is 15.5 Å². The van der Waals surface area contributed by atoms with Gasteiger partial charge in [-0.2, -0.15) is 5.26 Å². The first-order valence-electron chi connectivity index (χ1n) is 8.50. The Hall–Kier alpha value is -3.17. The molecule has 2 amide bonds. The average Bonchev–Trinajstić information content (AvgIpc) is 2.68. The Labute approximate surface area is 152 Å². The molecule has 1 aliphatic rings. The predicted molar refractivity (Wildman–Crippen MR) is 97.1 cm³/mol. The second-order valence-corrected chi connectivity index (χ2v) is 6.19. The number of rotatable bonds is 5. The monoisotopic (exact) mass is 348 g/mol. The van der Waals surface area contributed by atoms with Gasteiger partial charge in [-0.3, -0.25) is 9.59 Å². The first kappa shape index (κ1) is 17.6. The van der Waals surface area contributed by atoms with Crippen molar-refractivity contribution in [2.45, 2.75) is 13.1 Å². The smallest absolute Gasteiger partial charge is 0.254 e. The number of benzene rings is 2. The fourth-order valence-electron chi connectivity index (χ4n) is 2.81. The Balaban J connectivity index is 1.51. The van der Waals surface area contributed by atoms with E-state index < -0.39 is 0 Å². The van der Waals surface area contributed by atoms with Crippen LogP contribution in [0.2, 0.25) is 0 Å². The molecular formula is C20H20N4O2. The molecule has 0 aromatic heterocycles. The van der Waals surface area contributed by atoms with Crippen LogP contribution in [0.3, 0.4) is 0 Å². The Morgan fingerprint density at radius 2 is 1.69 bits per heavy atom. The van der Waals surface area contributed by atoms with Crippen molar-refractivity contribution in [2.75, 3.05) is 19.6 Å². The van der Waals surface area contributed by atoms with E-state index in [9.17, 15) is 9.59 Å². The van der Waals surface area contributed by atoms with Crippen molar-refractivity contribution in [3.05, 3.63) is 70.8 Å². The normalized spacial score (nSPS) is 13.8. The molecule has 2 N–H and O–H groups in total. The molecule has 1 fully saturated rings. The molecule has 6 nitrogen and oxygen atoms in total. The maximum Gasteiger partial charge on any atom is 0.254 e. The molecule has 132 valence electrons. The summed E-state index contributed by atoms with van der Waals surface area (Å²) in [5.74, 6) is -0.231. The zero-order chi connectivity index (χ0) is 18.4. The third-order valence-corrected chi connectivity index (χ3v) is 4.27. The Morgan fingerprint density at radius 1 is 1.08 bits per heavy atom. The number of hydrogen-bond donors (Lipinski definition) is 2. The molecule has 0 atom stereocenters. The third-order valence-electron chi connectivity index (χ3n) is 4.27. The molecule has 0 spiro atoms. The summed E-state index contributed by atoms with van der Waals surface area (Å²) in [5, 5.41) is 14.9. The van der Waals surface area contributed by atoms with Gasteiger partial charge in [-0.1, -0.05) is 24.3 Å². The number of nitrogens with one attached hydrogen (secondary N) is 2. The molecular weight excluding hydrogens is 328 g/mol. The van der Waals surface area contributed by atoms with E-state index in [0.29, 0.717) is 37.3 Å². The highest BCUT2D eigenvalue weighted by atomic mass is 16.2. The molecule has 0 aliphatic carbocycles. The van der Waals surface area contributed by atoms with Crippen molar-refractivity contribution in [3.63, 3.8) is 0 Å². The minimum atomic E-state index is -0.117. The molecule has 6 heteroatoms. The standard InChI is InChI=1S/C20H20N4O2/c21-11-15-1-3-16(4-2-15)12-22-13-17-5-7-18(8-6-17)20(26)24-10-9-23-19(25)14-24/h1-8,22H,9-10,12-14H2,(H,23,25). The molecule has 0 bridgehead atoms. The lowest BCUT2D eigenvalue weighted by molar-refractivity contribution is -0.123. The zero-order valence-corrected chi connectivity index (χ0v) is 14.4. The summed E-state index contributed by atoms with van der Waals surface area (Å²) in [6, 6.07) is 17.0. The molecule has 2 aromatic carbocycles. The lowest BCUT2D eigenvalue weighted by atomic mass is 10.1. The van der Waals surface area contributed by atoms with E-state index in [1.165, 1.54) is 0 Å². The quantitative estimate of drug-likeness (QED) is 0.856. The van der Waals surface area contributed by atoms with Gasteiger partial charge >= 0.3 is 0 Å². The van der Waals surface area contributed by atoms with Crippen LogP contribution in [0, 0.1) is 11.3 Å². The number of hydrogen-bond acceptors (Lipinski definition) is 4. The SMILES string of the molecule is N#Cc1ccc(CNCc2ccc(C(=O)N3CCNC(=O)C3)cc2)cc1. The molecule has 1 heterocycles. The summed E-state index contributed by atoms with van der Waals surface area (Å²) >= 11 is 0. The first-order chi connectivity index (χ1) is 12.7. The lowest BCUT2D eigenvalue weighted by Crippen LogP contribution is -2.49. The topological polar surface area (TPSA) is 85.2 Å². The molecule has 3 rings (SSSR count). The van der Waals surface area contributed by atoms with Gasteiger partial charge in [0.1, 0.15) is 0 Å². The summed E-state index contributed by atoms with van der Waals surface area (Å²) in [7, 11) is 0. The van der Waals surface area contributed by atoms with Crippen LogP contribution in [0.4, 0.5) is 0 Å². The fraction of sp³-hybridized carbons (Fsp3) is 0.250. The van der Waals surface area contributed by atoms with Gasteiger partial charge < -0.3 is 15.5 Å². The number of nitrogens with zero attached hydrogens (tertiary/aromatic N) is 2. The van der Waals surface area contributed by atoms with Crippen molar-refractivity contribution in [2.24, 2.45) is 0 Å². The van der Waals surface area contributed by atoms with Gasteiger partial charge in [0.25, 0.3) is 5.91 Å². The van der Waals surface area contributed by atoms with E-state index in [4.69, 9.17) is 5.26 Å². The summed E-state index contributed by atoms with van der Waals surface area (Å²) < 4.78 is 0. The number of carbonyl (C=O) groups is 2. The average molecular weight is 348 g/mol. The third kappa shape index (κ3) is 4.47. The molecule has 0 saturated carbocycles. The minimum Gasteiger partial charge on any atom is -0.353 e. The summed E-state index contributed by atoms with van der Waals surface area (Å²) in [5.41, 5.74) is 3.43. The number of amides is 2. The van der Waals surface area contributed by atoms with E-state index in [-0.39, 0.29) is 18.4 Å². The second kappa shape index (κ2) is 8.28. The van der Waals surface area contributed by atoms with Crippen LogP contribution in [0.25, 0.3) is 0 Å². The molecule has 0 radical (unpaired) electrons. The molecule has 26 heavy (non-hydrogen) atoms. The summed E-state index contributed by atoms with van der Waals surface area (Å²) in [6.07, 6.45) is 0. The second-order valence-electron chi connectivity index (χ2n) is 6.19. The largest absolute Gasteiger partial charge is 0.353 e. The van der Waals surface area contributed by atoms with Gasteiger partial charge in [0.15, 0.2) is 0 Å². The highest BCUT2D eigenvalue weighted by molar-refractivity contribution is 5.97. The molecule has 1 saturated heterocycles. The van der Waals surface area contributed by atoms with Crippen LogP contribution < -0.4 is 10.6 Å². The molecule has 2 aromatic rings. The van der Waals surface area contributed by atoms with E-state index in [2.05, 4.69) is 16.7 Å². The Kier molecular flexibility index (Phi) is 5.62. The Morgan fingerprint density at radius 3 is 2.27 bits per heavy atom. The maximum absolute atomic E-state index is 12.4. The van der Waals surface area contributed by atoms with E-state index in [0.717, 1.165) is 11.1 Å². The van der Waals surface area contributed by atoms with E-state index >= 15 is 0 Å². The van der Waals surface area contributed by atoms with Crippen LogP contribution in [-0.4, -0.2) is 36.3 Å². The number of piperazine rings is 1. The van der Waals surface area contributed by atoms with Gasteiger partial charge in [-0.15, -0.1) is 0 Å². The van der Waals surface area contributed by atoms with Gasteiger partial charge in [0.2, 0.25) is 5.91 Å². The fourth-order valence-corrected chi connectivity index (χ4v) is 2.81. The molecule has 1 aliphatic heterocycles. The maximum atomic E-state index is 12.4. The van der Waals surface area contributed by atoms with Crippen LogP contribution >= 0.6 is 0 Å². The Bertz CT molecular complexity index is 822.